The molecule has 0 bridgehead atoms. The Labute approximate surface area is 155 Å². The van der Waals surface area contributed by atoms with Crippen LogP contribution in [0, 0.1) is 10.1 Å². The van der Waals surface area contributed by atoms with E-state index in [-0.39, 0.29) is 24.5 Å². The quantitative estimate of drug-likeness (QED) is 0.429. The first-order chi connectivity index (χ1) is 12.9. The van der Waals surface area contributed by atoms with E-state index in [1.54, 1.807) is 31.2 Å². The summed E-state index contributed by atoms with van der Waals surface area (Å²) in [4.78, 5) is 34.6. The zero-order valence-corrected chi connectivity index (χ0v) is 14.7. The fourth-order valence-corrected chi connectivity index (χ4v) is 2.40. The summed E-state index contributed by atoms with van der Waals surface area (Å²) in [7, 11) is 0. The summed E-state index contributed by atoms with van der Waals surface area (Å²) in [6.45, 7) is 1.54. The molecule has 0 unspecified atom stereocenters. The monoisotopic (exact) mass is 373 g/mol. The van der Waals surface area contributed by atoms with Crippen LogP contribution >= 0.6 is 0 Å². The number of nitrogens with zero attached hydrogens (tertiary/aromatic N) is 1. The minimum absolute atomic E-state index is 0.00297. The van der Waals surface area contributed by atoms with Crippen molar-refractivity contribution in [3.05, 3.63) is 75.8 Å². The summed E-state index contributed by atoms with van der Waals surface area (Å²) in [6.07, 6.45) is -0.684. The van der Waals surface area contributed by atoms with Gasteiger partial charge in [-0.15, -0.1) is 0 Å². The number of carbonyl (C=O) groups excluding carboxylic acids is 2. The fraction of sp³-hybridized carbons (Fsp3) is 0.263. The van der Waals surface area contributed by atoms with Gasteiger partial charge in [0, 0.05) is 12.1 Å². The zero-order valence-electron chi connectivity index (χ0n) is 14.7. The zero-order chi connectivity index (χ0) is 19.9. The van der Waals surface area contributed by atoms with E-state index in [0.717, 1.165) is 17.7 Å². The van der Waals surface area contributed by atoms with Gasteiger partial charge in [-0.3, -0.25) is 14.9 Å². The van der Waals surface area contributed by atoms with Crippen molar-refractivity contribution < 1.29 is 29.1 Å². The highest BCUT2D eigenvalue weighted by atomic mass is 16.6. The molecule has 0 aliphatic rings. The molecule has 27 heavy (non-hydrogen) atoms. The van der Waals surface area contributed by atoms with E-state index in [0.29, 0.717) is 0 Å². The molecule has 0 spiro atoms. The van der Waals surface area contributed by atoms with E-state index in [2.05, 4.69) is 0 Å². The van der Waals surface area contributed by atoms with Crippen LogP contribution < -0.4 is 0 Å². The number of ether oxygens (including phenoxy) is 2. The maximum absolute atomic E-state index is 12.3. The molecule has 0 saturated heterocycles. The van der Waals surface area contributed by atoms with E-state index < -0.39 is 28.9 Å². The molecule has 0 fully saturated rings. The summed E-state index contributed by atoms with van der Waals surface area (Å²) in [5.41, 5.74) is -1.76. The molecule has 0 saturated carbocycles. The smallest absolute Gasteiger partial charge is 0.343 e. The van der Waals surface area contributed by atoms with Gasteiger partial charge in [0.05, 0.1) is 18.0 Å². The minimum Gasteiger partial charge on any atom is -0.464 e. The van der Waals surface area contributed by atoms with Crippen molar-refractivity contribution in [2.24, 2.45) is 0 Å². The van der Waals surface area contributed by atoms with Crippen LogP contribution in [-0.2, 0) is 31.3 Å². The molecule has 0 aromatic heterocycles. The normalized spacial score (nSPS) is 12.7. The Bertz CT molecular complexity index is 805. The van der Waals surface area contributed by atoms with Crippen molar-refractivity contribution in [1.82, 2.24) is 0 Å². The fourth-order valence-electron chi connectivity index (χ4n) is 2.40. The molecule has 0 aliphatic carbocycles. The summed E-state index contributed by atoms with van der Waals surface area (Å²) in [6, 6.07) is 13.6. The van der Waals surface area contributed by atoms with Crippen LogP contribution in [0.4, 0.5) is 5.69 Å². The van der Waals surface area contributed by atoms with Gasteiger partial charge in [-0.2, -0.15) is 0 Å². The topological polar surface area (TPSA) is 116 Å². The van der Waals surface area contributed by atoms with Crippen molar-refractivity contribution in [3.63, 3.8) is 0 Å². The molecule has 142 valence electrons. The average molecular weight is 373 g/mol. The highest BCUT2D eigenvalue weighted by Crippen LogP contribution is 2.29. The number of hydrogen-bond acceptors (Lipinski definition) is 7. The van der Waals surface area contributed by atoms with Crippen molar-refractivity contribution >= 4 is 17.6 Å². The van der Waals surface area contributed by atoms with Crippen LogP contribution in [-0.4, -0.2) is 28.6 Å². The molecule has 8 heteroatoms. The summed E-state index contributed by atoms with van der Waals surface area (Å²) < 4.78 is 9.99. The lowest BCUT2D eigenvalue weighted by Crippen LogP contribution is -2.40. The van der Waals surface area contributed by atoms with Crippen LogP contribution in [0.3, 0.4) is 0 Å². The number of esters is 2. The van der Waals surface area contributed by atoms with Crippen molar-refractivity contribution in [1.29, 1.82) is 0 Å². The molecule has 2 aromatic rings. The Morgan fingerprint density at radius 1 is 1.07 bits per heavy atom. The van der Waals surface area contributed by atoms with E-state index >= 15 is 0 Å². The number of aliphatic hydroxyl groups is 1. The van der Waals surface area contributed by atoms with Crippen LogP contribution in [0.2, 0.25) is 0 Å². The Hall–Kier alpha value is -3.26. The van der Waals surface area contributed by atoms with Gasteiger partial charge in [0.25, 0.3) is 5.69 Å². The molecule has 2 aromatic carbocycles. The van der Waals surface area contributed by atoms with Crippen LogP contribution in [0.15, 0.2) is 54.6 Å². The maximum Gasteiger partial charge on any atom is 0.343 e. The average Bonchev–Trinajstić information content (AvgIpc) is 2.67. The third kappa shape index (κ3) is 5.11. The second-order valence-electron chi connectivity index (χ2n) is 5.71. The van der Waals surface area contributed by atoms with E-state index in [4.69, 9.17) is 9.47 Å². The Morgan fingerprint density at radius 2 is 1.70 bits per heavy atom. The van der Waals surface area contributed by atoms with Crippen LogP contribution in [0.25, 0.3) is 0 Å². The first kappa shape index (κ1) is 20.1. The highest BCUT2D eigenvalue weighted by molar-refractivity contribution is 5.87. The number of carbonyl (C=O) groups is 2. The Morgan fingerprint density at radius 3 is 2.26 bits per heavy atom. The Kier molecular flexibility index (Phi) is 6.62. The number of nitro benzene ring substituents is 1. The molecular weight excluding hydrogens is 354 g/mol. The first-order valence-electron chi connectivity index (χ1n) is 8.21. The summed E-state index contributed by atoms with van der Waals surface area (Å²) in [5, 5.41) is 21.6. The van der Waals surface area contributed by atoms with Gasteiger partial charge in [0.2, 0.25) is 0 Å². The number of hydrogen-bond donors (Lipinski definition) is 1. The van der Waals surface area contributed by atoms with E-state index in [1.165, 1.54) is 12.1 Å². The van der Waals surface area contributed by atoms with E-state index in [1.807, 2.05) is 6.07 Å². The molecule has 2 rings (SSSR count). The number of benzene rings is 2. The third-order valence-corrected chi connectivity index (χ3v) is 3.81. The predicted molar refractivity (Wildman–Crippen MR) is 94.5 cm³/mol. The van der Waals surface area contributed by atoms with Gasteiger partial charge < -0.3 is 14.6 Å². The van der Waals surface area contributed by atoms with Crippen molar-refractivity contribution in [3.8, 4) is 0 Å². The number of non-ortho nitro benzene ring substituents is 1. The number of nitro groups is 1. The minimum atomic E-state index is -2.31. The SMILES string of the molecule is CCOC(=O)[C@@](O)(CC(=O)OCc1ccccc1)c1ccc([N+](=O)[O-])cc1. The molecule has 0 heterocycles. The van der Waals surface area contributed by atoms with Gasteiger partial charge in [-0.25, -0.2) is 4.79 Å². The predicted octanol–water partition coefficient (Wildman–Crippen LogP) is 2.48. The summed E-state index contributed by atoms with van der Waals surface area (Å²) >= 11 is 0. The van der Waals surface area contributed by atoms with Crippen molar-refractivity contribution in [2.75, 3.05) is 6.61 Å². The van der Waals surface area contributed by atoms with Gasteiger partial charge in [-0.05, 0) is 30.2 Å². The largest absolute Gasteiger partial charge is 0.464 e. The number of rotatable bonds is 8. The molecule has 8 nitrogen and oxygen atoms in total. The van der Waals surface area contributed by atoms with Crippen LogP contribution in [0.5, 0.6) is 0 Å². The molecular formula is C19H19NO7. The second-order valence-corrected chi connectivity index (χ2v) is 5.71. The van der Waals surface area contributed by atoms with Gasteiger partial charge >= 0.3 is 11.9 Å². The lowest BCUT2D eigenvalue weighted by Gasteiger charge is -2.25. The lowest BCUT2D eigenvalue weighted by molar-refractivity contribution is -0.384. The van der Waals surface area contributed by atoms with Gasteiger partial charge in [0.15, 0.2) is 5.60 Å². The molecule has 1 N–H and O–H groups in total. The Balaban J connectivity index is 2.18. The standard InChI is InChI=1S/C19H19NO7/c1-2-26-18(22)19(23,15-8-10-16(11-9-15)20(24)25)12-17(21)27-13-14-6-4-3-5-7-14/h3-11,23H,2,12-13H2,1H3/t19-/m1/s1. The molecule has 0 radical (unpaired) electrons. The van der Waals surface area contributed by atoms with Crippen LogP contribution in [0.1, 0.15) is 24.5 Å². The summed E-state index contributed by atoms with van der Waals surface area (Å²) in [5.74, 6) is -1.84. The van der Waals surface area contributed by atoms with Crippen molar-refractivity contribution in [2.45, 2.75) is 25.6 Å². The van der Waals surface area contributed by atoms with Gasteiger partial charge in [-0.1, -0.05) is 30.3 Å². The molecule has 0 amide bonds. The maximum atomic E-state index is 12.3. The third-order valence-electron chi connectivity index (χ3n) is 3.81. The highest BCUT2D eigenvalue weighted by Gasteiger charge is 2.42. The first-order valence-corrected chi connectivity index (χ1v) is 8.21. The van der Waals surface area contributed by atoms with E-state index in [9.17, 15) is 24.8 Å². The van der Waals surface area contributed by atoms with Gasteiger partial charge in [0.1, 0.15) is 6.61 Å². The second kappa shape index (κ2) is 8.91. The lowest BCUT2D eigenvalue weighted by atomic mass is 9.90. The molecule has 1 atom stereocenters. The molecule has 0 aliphatic heterocycles.